The fourth-order valence-corrected chi connectivity index (χ4v) is 2.50. The lowest BCUT2D eigenvalue weighted by molar-refractivity contribution is 0.238. The predicted molar refractivity (Wildman–Crippen MR) is 65.9 cm³/mol. The van der Waals surface area contributed by atoms with Gasteiger partial charge >= 0.3 is 0 Å². The molecule has 1 unspecified atom stereocenters. The molecule has 2 aromatic rings. The first-order chi connectivity index (χ1) is 8.29. The number of aliphatic hydroxyl groups is 1. The lowest BCUT2D eigenvalue weighted by Crippen LogP contribution is -2.20. The largest absolute Gasteiger partial charge is 0.396 e. The Balaban J connectivity index is 2.00. The van der Waals surface area contributed by atoms with E-state index in [0.29, 0.717) is 5.92 Å². The van der Waals surface area contributed by atoms with E-state index in [1.54, 1.807) is 0 Å². The summed E-state index contributed by atoms with van der Waals surface area (Å²) in [6.07, 6.45) is 6.67. The predicted octanol–water partition coefficient (Wildman–Crippen LogP) is 0.787. The molecular weight excluding hydrogens is 216 g/mol. The molecule has 0 bridgehead atoms. The van der Waals surface area contributed by atoms with E-state index >= 15 is 0 Å². The summed E-state index contributed by atoms with van der Waals surface area (Å²) in [6.45, 7) is 2.17. The van der Waals surface area contributed by atoms with Crippen LogP contribution in [0.15, 0.2) is 18.6 Å². The molecular formula is C12H16N4O. The molecule has 0 amide bonds. The quantitative estimate of drug-likeness (QED) is 0.831. The monoisotopic (exact) mass is 232 g/mol. The van der Waals surface area contributed by atoms with Gasteiger partial charge in [-0.2, -0.15) is 5.10 Å². The van der Waals surface area contributed by atoms with Crippen LogP contribution in [0.5, 0.6) is 0 Å². The Kier molecular flexibility index (Phi) is 2.48. The van der Waals surface area contributed by atoms with Gasteiger partial charge in [0, 0.05) is 38.0 Å². The van der Waals surface area contributed by atoms with Crippen LogP contribution in [0.3, 0.4) is 0 Å². The number of rotatable bonds is 2. The minimum absolute atomic E-state index is 0.271. The summed E-state index contributed by atoms with van der Waals surface area (Å²) >= 11 is 0. The maximum absolute atomic E-state index is 9.19. The molecule has 0 aliphatic carbocycles. The molecule has 0 aromatic carbocycles. The van der Waals surface area contributed by atoms with Gasteiger partial charge in [0.15, 0.2) is 0 Å². The summed E-state index contributed by atoms with van der Waals surface area (Å²) in [6, 6.07) is 0. The van der Waals surface area contributed by atoms with E-state index in [1.807, 2.05) is 30.3 Å². The minimum atomic E-state index is 0.271. The van der Waals surface area contributed by atoms with Crippen LogP contribution in [-0.2, 0) is 7.05 Å². The second kappa shape index (κ2) is 4.00. The second-order valence-corrected chi connectivity index (χ2v) is 4.64. The third-order valence-corrected chi connectivity index (χ3v) is 3.54. The summed E-state index contributed by atoms with van der Waals surface area (Å²) in [5.41, 5.74) is 2.18. The van der Waals surface area contributed by atoms with E-state index in [-0.39, 0.29) is 6.61 Å². The molecule has 3 heterocycles. The lowest BCUT2D eigenvalue weighted by Gasteiger charge is -2.18. The first kappa shape index (κ1) is 10.5. The average Bonchev–Trinajstić information content (AvgIpc) is 2.96. The van der Waals surface area contributed by atoms with Crippen molar-refractivity contribution in [2.75, 3.05) is 24.6 Å². The van der Waals surface area contributed by atoms with Gasteiger partial charge in [0.25, 0.3) is 0 Å². The number of hydrogen-bond donors (Lipinski definition) is 1. The van der Waals surface area contributed by atoms with Crippen molar-refractivity contribution in [3.63, 3.8) is 0 Å². The molecule has 90 valence electrons. The zero-order valence-electron chi connectivity index (χ0n) is 9.87. The van der Waals surface area contributed by atoms with E-state index in [0.717, 1.165) is 36.1 Å². The van der Waals surface area contributed by atoms with Crippen LogP contribution in [0, 0.1) is 5.92 Å². The fraction of sp³-hybridized carbons (Fsp3) is 0.500. The summed E-state index contributed by atoms with van der Waals surface area (Å²) in [7, 11) is 1.92. The van der Waals surface area contributed by atoms with Gasteiger partial charge in [-0.25, -0.2) is 0 Å². The molecule has 17 heavy (non-hydrogen) atoms. The Morgan fingerprint density at radius 2 is 2.29 bits per heavy atom. The molecule has 1 N–H and O–H groups in total. The molecule has 5 nitrogen and oxygen atoms in total. The highest BCUT2D eigenvalue weighted by molar-refractivity contribution is 5.90. The van der Waals surface area contributed by atoms with Crippen molar-refractivity contribution < 1.29 is 5.11 Å². The van der Waals surface area contributed by atoms with Gasteiger partial charge in [0.2, 0.25) is 0 Å². The van der Waals surface area contributed by atoms with Crippen molar-refractivity contribution in [2.45, 2.75) is 6.42 Å². The third kappa shape index (κ3) is 1.67. The minimum Gasteiger partial charge on any atom is -0.396 e. The maximum atomic E-state index is 9.19. The molecule has 1 aliphatic rings. The van der Waals surface area contributed by atoms with Crippen LogP contribution < -0.4 is 4.90 Å². The van der Waals surface area contributed by atoms with Crippen LogP contribution in [0.1, 0.15) is 6.42 Å². The number of hydrogen-bond acceptors (Lipinski definition) is 4. The summed E-state index contributed by atoms with van der Waals surface area (Å²) < 4.78 is 1.84. The van der Waals surface area contributed by atoms with Crippen molar-refractivity contribution in [3.05, 3.63) is 18.6 Å². The Bertz CT molecular complexity index is 536. The number of nitrogens with zero attached hydrogens (tertiary/aromatic N) is 4. The zero-order chi connectivity index (χ0) is 11.8. The molecule has 1 aliphatic heterocycles. The van der Waals surface area contributed by atoms with E-state index in [4.69, 9.17) is 0 Å². The topological polar surface area (TPSA) is 54.2 Å². The number of pyridine rings is 1. The number of aromatic nitrogens is 3. The molecule has 1 saturated heterocycles. The molecule has 0 spiro atoms. The van der Waals surface area contributed by atoms with Crippen LogP contribution >= 0.6 is 0 Å². The third-order valence-electron chi connectivity index (χ3n) is 3.54. The average molecular weight is 232 g/mol. The zero-order valence-corrected chi connectivity index (χ0v) is 9.87. The van der Waals surface area contributed by atoms with E-state index in [1.165, 1.54) is 0 Å². The number of fused-ring (bicyclic) bond motifs is 1. The standard InChI is InChI=1S/C12H16N4O/c1-15-11-5-13-6-12(10(11)4-14-15)16-3-2-9(7-16)8-17/h4-6,9,17H,2-3,7-8H2,1H3. The summed E-state index contributed by atoms with van der Waals surface area (Å²) in [4.78, 5) is 6.57. The van der Waals surface area contributed by atoms with E-state index in [9.17, 15) is 5.11 Å². The second-order valence-electron chi connectivity index (χ2n) is 4.64. The van der Waals surface area contributed by atoms with E-state index < -0.39 is 0 Å². The Hall–Kier alpha value is -1.62. The van der Waals surface area contributed by atoms with Gasteiger partial charge < -0.3 is 10.0 Å². The summed E-state index contributed by atoms with van der Waals surface area (Å²) in [5.74, 6) is 0.391. The van der Waals surface area contributed by atoms with Crippen molar-refractivity contribution in [2.24, 2.45) is 13.0 Å². The molecule has 0 radical (unpaired) electrons. The van der Waals surface area contributed by atoms with Gasteiger partial charge in [-0.15, -0.1) is 0 Å². The summed E-state index contributed by atoms with van der Waals surface area (Å²) in [5, 5.41) is 14.6. The molecule has 0 saturated carbocycles. The first-order valence-corrected chi connectivity index (χ1v) is 5.91. The van der Waals surface area contributed by atoms with Crippen molar-refractivity contribution in [1.82, 2.24) is 14.8 Å². The molecule has 2 aromatic heterocycles. The van der Waals surface area contributed by atoms with E-state index in [2.05, 4.69) is 15.0 Å². The maximum Gasteiger partial charge on any atom is 0.0883 e. The Morgan fingerprint density at radius 3 is 3.06 bits per heavy atom. The van der Waals surface area contributed by atoms with Crippen molar-refractivity contribution >= 4 is 16.6 Å². The molecule has 3 rings (SSSR count). The van der Waals surface area contributed by atoms with Gasteiger partial charge in [-0.1, -0.05) is 0 Å². The highest BCUT2D eigenvalue weighted by atomic mass is 16.3. The molecule has 5 heteroatoms. The number of aliphatic hydroxyl groups excluding tert-OH is 1. The van der Waals surface area contributed by atoms with Crippen LogP contribution in [0.25, 0.3) is 10.9 Å². The van der Waals surface area contributed by atoms with Gasteiger partial charge in [-0.05, 0) is 6.42 Å². The number of anilines is 1. The van der Waals surface area contributed by atoms with Gasteiger partial charge in [-0.3, -0.25) is 9.67 Å². The smallest absolute Gasteiger partial charge is 0.0883 e. The van der Waals surface area contributed by atoms with Crippen molar-refractivity contribution in [3.8, 4) is 0 Å². The van der Waals surface area contributed by atoms with Crippen molar-refractivity contribution in [1.29, 1.82) is 0 Å². The van der Waals surface area contributed by atoms with Crippen LogP contribution in [0.2, 0.25) is 0 Å². The van der Waals surface area contributed by atoms with Gasteiger partial charge in [0.1, 0.15) is 0 Å². The first-order valence-electron chi connectivity index (χ1n) is 5.91. The molecule has 1 fully saturated rings. The SMILES string of the molecule is Cn1ncc2c(N3CCC(CO)C3)cncc21. The van der Waals surface area contributed by atoms with Crippen LogP contribution in [0.4, 0.5) is 5.69 Å². The Morgan fingerprint density at radius 1 is 1.41 bits per heavy atom. The lowest BCUT2D eigenvalue weighted by atomic mass is 10.1. The van der Waals surface area contributed by atoms with Crippen LogP contribution in [-0.4, -0.2) is 39.6 Å². The highest BCUT2D eigenvalue weighted by Crippen LogP contribution is 2.29. The van der Waals surface area contributed by atoms with Gasteiger partial charge in [0.05, 0.1) is 29.8 Å². The fourth-order valence-electron chi connectivity index (χ4n) is 2.50. The normalized spacial score (nSPS) is 20.4. The Labute approximate surface area is 99.7 Å². The highest BCUT2D eigenvalue weighted by Gasteiger charge is 2.23. The molecule has 1 atom stereocenters. The number of aryl methyl sites for hydroxylation is 1.